The molecule has 0 spiro atoms. The van der Waals surface area contributed by atoms with E-state index in [1.54, 1.807) is 0 Å². The van der Waals surface area contributed by atoms with Crippen LogP contribution in [0.3, 0.4) is 0 Å². The van der Waals surface area contributed by atoms with Crippen molar-refractivity contribution in [3.8, 4) is 0 Å². The summed E-state index contributed by atoms with van der Waals surface area (Å²) in [4.78, 5) is 12.4. The molecule has 0 saturated carbocycles. The van der Waals surface area contributed by atoms with E-state index in [-0.39, 0.29) is 12.5 Å². The Morgan fingerprint density at radius 1 is 0.453 bits per heavy atom. The van der Waals surface area contributed by atoms with Crippen LogP contribution in [-0.2, 0) is 4.79 Å². The molecule has 1 amide bonds. The van der Waals surface area contributed by atoms with Gasteiger partial charge >= 0.3 is 0 Å². The average Bonchev–Trinajstić information content (AvgIpc) is 3.16. The van der Waals surface area contributed by atoms with Crippen molar-refractivity contribution in [3.63, 3.8) is 0 Å². The molecule has 314 valence electrons. The van der Waals surface area contributed by atoms with Crippen molar-refractivity contribution < 1.29 is 20.1 Å². The van der Waals surface area contributed by atoms with E-state index >= 15 is 0 Å². The minimum absolute atomic E-state index is 0.156. The maximum atomic E-state index is 12.4. The summed E-state index contributed by atoms with van der Waals surface area (Å²) >= 11 is 0. The number of rotatable bonds is 43. The highest BCUT2D eigenvalue weighted by Gasteiger charge is 2.26. The third-order valence-corrected chi connectivity index (χ3v) is 11.0. The third-order valence-electron chi connectivity index (χ3n) is 11.0. The standard InChI is InChI=1S/C48H93NO4/c1-3-5-7-9-11-13-15-16-17-18-19-20-21-22-23-24-25-26-27-28-29-30-31-32-33-35-37-39-41-43-47(52)49-45(44-50)48(53)46(51)42-40-38-36-34-14-12-10-8-6-4-2/h8,10,34,36,45-46,48,50-51,53H,3-7,9,11-33,35,37-44H2,1-2H3,(H,49,52)/b10-8+,36-34+. The van der Waals surface area contributed by atoms with E-state index in [1.807, 2.05) is 0 Å². The third kappa shape index (κ3) is 38.9. The number of nitrogens with one attached hydrogen (secondary N) is 1. The van der Waals surface area contributed by atoms with Gasteiger partial charge in [-0.2, -0.15) is 0 Å². The van der Waals surface area contributed by atoms with Crippen LogP contribution in [0.25, 0.3) is 0 Å². The molecule has 0 aromatic carbocycles. The first-order valence-corrected chi connectivity index (χ1v) is 23.6. The van der Waals surface area contributed by atoms with Gasteiger partial charge in [-0.3, -0.25) is 4.79 Å². The van der Waals surface area contributed by atoms with Gasteiger partial charge in [0, 0.05) is 6.42 Å². The zero-order valence-corrected chi connectivity index (χ0v) is 35.7. The van der Waals surface area contributed by atoms with E-state index in [9.17, 15) is 20.1 Å². The Morgan fingerprint density at radius 3 is 1.15 bits per heavy atom. The lowest BCUT2D eigenvalue weighted by molar-refractivity contribution is -0.124. The summed E-state index contributed by atoms with van der Waals surface area (Å²) in [6.07, 6.45) is 53.3. The maximum absolute atomic E-state index is 12.4. The number of hydrogen-bond acceptors (Lipinski definition) is 4. The van der Waals surface area contributed by atoms with Crippen LogP contribution in [0.4, 0.5) is 0 Å². The molecular formula is C48H93NO4. The fourth-order valence-electron chi connectivity index (χ4n) is 7.36. The molecule has 0 saturated heterocycles. The molecule has 0 bridgehead atoms. The average molecular weight is 748 g/mol. The first kappa shape index (κ1) is 51.8. The lowest BCUT2D eigenvalue weighted by atomic mass is 10.0. The number of aliphatic hydroxyl groups excluding tert-OH is 3. The number of aliphatic hydroxyl groups is 3. The van der Waals surface area contributed by atoms with Crippen molar-refractivity contribution in [2.75, 3.05) is 6.61 Å². The minimum atomic E-state index is -1.16. The number of amides is 1. The van der Waals surface area contributed by atoms with Crippen LogP contribution in [0.5, 0.6) is 0 Å². The van der Waals surface area contributed by atoms with Gasteiger partial charge in [-0.1, -0.05) is 224 Å². The Balaban J connectivity index is 3.48. The summed E-state index contributed by atoms with van der Waals surface area (Å²) in [7, 11) is 0. The van der Waals surface area contributed by atoms with Crippen LogP contribution in [-0.4, -0.2) is 46.1 Å². The van der Waals surface area contributed by atoms with E-state index in [4.69, 9.17) is 0 Å². The lowest BCUT2D eigenvalue weighted by Gasteiger charge is -2.26. The van der Waals surface area contributed by atoms with Crippen LogP contribution in [0.2, 0.25) is 0 Å². The molecule has 3 unspecified atom stereocenters. The number of carbonyl (C=O) groups excluding carboxylic acids is 1. The molecule has 0 aromatic rings. The number of allylic oxidation sites excluding steroid dienone is 4. The van der Waals surface area contributed by atoms with Crippen LogP contribution in [0.15, 0.2) is 24.3 Å². The SMILES string of the molecule is CCC/C=C/CC/C=C/CCCC(O)C(O)C(CO)NC(=O)CCCCCCCCCCCCCCCCCCCCCCCCCCCCCCC. The molecule has 4 N–H and O–H groups in total. The Labute approximate surface area is 331 Å². The summed E-state index contributed by atoms with van der Waals surface area (Å²) in [6, 6.07) is -0.827. The Kier molecular flexibility index (Phi) is 42.6. The smallest absolute Gasteiger partial charge is 0.220 e. The van der Waals surface area contributed by atoms with Crippen molar-refractivity contribution in [2.45, 2.75) is 270 Å². The molecule has 0 aliphatic rings. The van der Waals surface area contributed by atoms with Gasteiger partial charge in [0.15, 0.2) is 0 Å². The van der Waals surface area contributed by atoms with Crippen molar-refractivity contribution in [3.05, 3.63) is 24.3 Å². The highest BCUT2D eigenvalue weighted by Crippen LogP contribution is 2.17. The van der Waals surface area contributed by atoms with E-state index in [0.29, 0.717) is 12.8 Å². The van der Waals surface area contributed by atoms with Gasteiger partial charge in [0.1, 0.15) is 6.10 Å². The molecule has 0 rings (SSSR count). The maximum Gasteiger partial charge on any atom is 0.220 e. The van der Waals surface area contributed by atoms with Gasteiger partial charge in [-0.05, 0) is 44.9 Å². The quantitative estimate of drug-likeness (QED) is 0.0369. The number of carbonyl (C=O) groups is 1. The molecule has 0 radical (unpaired) electrons. The van der Waals surface area contributed by atoms with Crippen LogP contribution < -0.4 is 5.32 Å². The molecule has 5 nitrogen and oxygen atoms in total. The van der Waals surface area contributed by atoms with E-state index in [1.165, 1.54) is 173 Å². The zero-order valence-electron chi connectivity index (χ0n) is 35.7. The van der Waals surface area contributed by atoms with Gasteiger partial charge in [0.05, 0.1) is 18.8 Å². The fraction of sp³-hybridized carbons (Fsp3) is 0.896. The highest BCUT2D eigenvalue weighted by molar-refractivity contribution is 5.76. The summed E-state index contributed by atoms with van der Waals surface area (Å²) in [6.45, 7) is 4.10. The van der Waals surface area contributed by atoms with Gasteiger partial charge in [0.25, 0.3) is 0 Å². The van der Waals surface area contributed by atoms with Crippen LogP contribution in [0.1, 0.15) is 251 Å². The Hall–Kier alpha value is -1.17. The highest BCUT2D eigenvalue weighted by atomic mass is 16.3. The molecule has 5 heteroatoms. The predicted octanol–water partition coefficient (Wildman–Crippen LogP) is 13.8. The first-order valence-electron chi connectivity index (χ1n) is 23.6. The fourth-order valence-corrected chi connectivity index (χ4v) is 7.36. The monoisotopic (exact) mass is 748 g/mol. The van der Waals surface area contributed by atoms with Crippen LogP contribution in [0, 0.1) is 0 Å². The number of hydrogen-bond donors (Lipinski definition) is 4. The molecular weight excluding hydrogens is 655 g/mol. The molecule has 0 aromatic heterocycles. The van der Waals surface area contributed by atoms with E-state index < -0.39 is 18.2 Å². The van der Waals surface area contributed by atoms with Gasteiger partial charge < -0.3 is 20.6 Å². The molecule has 53 heavy (non-hydrogen) atoms. The Bertz CT molecular complexity index is 784. The van der Waals surface area contributed by atoms with Gasteiger partial charge in [0.2, 0.25) is 5.91 Å². The second kappa shape index (κ2) is 43.6. The predicted molar refractivity (Wildman–Crippen MR) is 231 cm³/mol. The van der Waals surface area contributed by atoms with Crippen LogP contribution >= 0.6 is 0 Å². The second-order valence-electron chi connectivity index (χ2n) is 16.3. The summed E-state index contributed by atoms with van der Waals surface area (Å²) in [5, 5.41) is 33.4. The zero-order chi connectivity index (χ0) is 38.7. The lowest BCUT2D eigenvalue weighted by Crippen LogP contribution is -2.50. The first-order chi connectivity index (χ1) is 26.1. The van der Waals surface area contributed by atoms with Crippen molar-refractivity contribution in [2.24, 2.45) is 0 Å². The van der Waals surface area contributed by atoms with Gasteiger partial charge in [-0.25, -0.2) is 0 Å². The summed E-state index contributed by atoms with van der Waals surface area (Å²) < 4.78 is 0. The van der Waals surface area contributed by atoms with Crippen molar-refractivity contribution >= 4 is 5.91 Å². The summed E-state index contributed by atoms with van der Waals surface area (Å²) in [5.41, 5.74) is 0. The molecule has 0 heterocycles. The Morgan fingerprint density at radius 2 is 0.792 bits per heavy atom. The normalized spacial score (nSPS) is 13.7. The minimum Gasteiger partial charge on any atom is -0.394 e. The largest absolute Gasteiger partial charge is 0.394 e. The van der Waals surface area contributed by atoms with Crippen molar-refractivity contribution in [1.29, 1.82) is 0 Å². The van der Waals surface area contributed by atoms with E-state index in [2.05, 4.69) is 43.5 Å². The second-order valence-corrected chi connectivity index (χ2v) is 16.3. The molecule has 0 fully saturated rings. The van der Waals surface area contributed by atoms with Crippen molar-refractivity contribution in [1.82, 2.24) is 5.32 Å². The van der Waals surface area contributed by atoms with Gasteiger partial charge in [-0.15, -0.1) is 0 Å². The summed E-state index contributed by atoms with van der Waals surface area (Å²) in [5.74, 6) is -0.156. The topological polar surface area (TPSA) is 89.8 Å². The molecule has 3 atom stereocenters. The molecule has 0 aliphatic carbocycles. The van der Waals surface area contributed by atoms with E-state index in [0.717, 1.165) is 51.4 Å². The molecule has 0 aliphatic heterocycles. The number of unbranched alkanes of at least 4 members (excludes halogenated alkanes) is 31.